The summed E-state index contributed by atoms with van der Waals surface area (Å²) in [6, 6.07) is 11.6. The molecule has 2 aromatic carbocycles. The molecule has 1 aliphatic rings. The molecule has 1 fully saturated rings. The molecule has 1 saturated heterocycles. The Morgan fingerprint density at radius 2 is 1.56 bits per heavy atom. The van der Waals surface area contributed by atoms with E-state index in [-0.39, 0.29) is 0 Å². The van der Waals surface area contributed by atoms with Gasteiger partial charge in [-0.25, -0.2) is 9.59 Å². The first-order valence-electron chi connectivity index (χ1n) is 12.2. The van der Waals surface area contributed by atoms with Gasteiger partial charge >= 0.3 is 12.2 Å². The van der Waals surface area contributed by atoms with Crippen molar-refractivity contribution >= 4 is 34.3 Å². The van der Waals surface area contributed by atoms with E-state index in [0.29, 0.717) is 17.9 Å². The van der Waals surface area contributed by atoms with Crippen LogP contribution in [0.1, 0.15) is 60.8 Å². The fourth-order valence-electron chi connectivity index (χ4n) is 4.10. The first-order chi connectivity index (χ1) is 15.9. The van der Waals surface area contributed by atoms with Crippen LogP contribution in [0.2, 0.25) is 0 Å². The molecule has 0 radical (unpaired) electrons. The summed E-state index contributed by atoms with van der Waals surface area (Å²) in [4.78, 5) is 30.2. The number of hydrogen-bond donors (Lipinski definition) is 1. The van der Waals surface area contributed by atoms with Gasteiger partial charge in [-0.2, -0.15) is 0 Å². The molecule has 34 heavy (non-hydrogen) atoms. The third-order valence-corrected chi connectivity index (χ3v) is 5.51. The highest BCUT2D eigenvalue weighted by molar-refractivity contribution is 6.09. The van der Waals surface area contributed by atoms with Crippen molar-refractivity contribution in [3.8, 4) is 0 Å². The fraction of sp³-hybridized carbons (Fsp3) is 0.556. The van der Waals surface area contributed by atoms with Gasteiger partial charge in [0.05, 0.1) is 11.4 Å². The summed E-state index contributed by atoms with van der Waals surface area (Å²) in [5.74, 6) is 0. The second kappa shape index (κ2) is 10.6. The van der Waals surface area contributed by atoms with Crippen LogP contribution in [-0.2, 0) is 9.47 Å². The molecule has 0 spiro atoms. The van der Waals surface area contributed by atoms with Crippen LogP contribution in [0.4, 0.5) is 21.0 Å². The van der Waals surface area contributed by atoms with Crippen LogP contribution < -0.4 is 10.2 Å². The predicted molar refractivity (Wildman–Crippen MR) is 138 cm³/mol. The maximum Gasteiger partial charge on any atom is 0.414 e. The molecular weight excluding hydrogens is 430 g/mol. The highest BCUT2D eigenvalue weighted by atomic mass is 16.6. The normalized spacial score (nSPS) is 15.1. The number of carbonyl (C=O) groups excluding carboxylic acids is 2. The van der Waals surface area contributed by atoms with E-state index in [0.717, 1.165) is 30.4 Å². The molecule has 1 N–H and O–H groups in total. The molecule has 0 aliphatic carbocycles. The van der Waals surface area contributed by atoms with E-state index in [9.17, 15) is 9.59 Å². The summed E-state index contributed by atoms with van der Waals surface area (Å²) in [6.45, 7) is 14.3. The highest BCUT2D eigenvalue weighted by Gasteiger charge is 2.28. The quantitative estimate of drug-likeness (QED) is 0.547. The third kappa shape index (κ3) is 7.35. The lowest BCUT2D eigenvalue weighted by Gasteiger charge is -2.33. The SMILES string of the molecule is CC(C)(C)OC(=O)Nc1ccc2ccccc2c1N(CCN1CCCCC1)C(=O)OC(C)(C)C. The van der Waals surface area contributed by atoms with Crippen LogP contribution in [0.25, 0.3) is 10.8 Å². The van der Waals surface area contributed by atoms with Crippen LogP contribution in [0.15, 0.2) is 36.4 Å². The van der Waals surface area contributed by atoms with Gasteiger partial charge < -0.3 is 14.4 Å². The highest BCUT2D eigenvalue weighted by Crippen LogP contribution is 2.36. The molecule has 0 saturated carbocycles. The van der Waals surface area contributed by atoms with E-state index >= 15 is 0 Å². The number of carbonyl (C=O) groups is 2. The van der Waals surface area contributed by atoms with E-state index in [2.05, 4.69) is 10.2 Å². The average Bonchev–Trinajstić information content (AvgIpc) is 2.73. The molecule has 0 unspecified atom stereocenters. The van der Waals surface area contributed by atoms with Crippen LogP contribution in [0.5, 0.6) is 0 Å². The molecule has 0 atom stereocenters. The average molecular weight is 470 g/mol. The minimum absolute atomic E-state index is 0.437. The lowest BCUT2D eigenvalue weighted by molar-refractivity contribution is 0.0572. The summed E-state index contributed by atoms with van der Waals surface area (Å²) in [7, 11) is 0. The number of rotatable bonds is 5. The molecular formula is C27H39N3O4. The van der Waals surface area contributed by atoms with Crippen molar-refractivity contribution in [2.75, 3.05) is 36.4 Å². The zero-order chi connectivity index (χ0) is 24.9. The number of nitrogens with one attached hydrogen (secondary N) is 1. The number of likely N-dealkylation sites (tertiary alicyclic amines) is 1. The number of ether oxygens (including phenoxy) is 2. The first kappa shape index (κ1) is 25.8. The number of amides is 2. The Labute approximate surface area is 203 Å². The fourth-order valence-corrected chi connectivity index (χ4v) is 4.10. The maximum atomic E-state index is 13.5. The molecule has 1 heterocycles. The molecule has 7 heteroatoms. The van der Waals surface area contributed by atoms with Crippen LogP contribution in [0, 0.1) is 0 Å². The number of piperidine rings is 1. The minimum atomic E-state index is -0.649. The lowest BCUT2D eigenvalue weighted by Crippen LogP contribution is -2.43. The summed E-state index contributed by atoms with van der Waals surface area (Å²) >= 11 is 0. The summed E-state index contributed by atoms with van der Waals surface area (Å²) in [6.07, 6.45) is 2.59. The number of fused-ring (bicyclic) bond motifs is 1. The summed E-state index contributed by atoms with van der Waals surface area (Å²) in [5.41, 5.74) is -0.156. The maximum absolute atomic E-state index is 13.5. The van der Waals surface area contributed by atoms with E-state index in [1.54, 1.807) is 4.90 Å². The zero-order valence-corrected chi connectivity index (χ0v) is 21.4. The molecule has 2 amide bonds. The Kier molecular flexibility index (Phi) is 8.08. The van der Waals surface area contributed by atoms with Gasteiger partial charge in [0.25, 0.3) is 0 Å². The van der Waals surface area contributed by atoms with Gasteiger partial charge in [-0.3, -0.25) is 10.2 Å². The molecule has 1 aliphatic heterocycles. The van der Waals surface area contributed by atoms with Crippen molar-refractivity contribution in [1.82, 2.24) is 4.90 Å². The molecule has 0 aromatic heterocycles. The molecule has 2 aromatic rings. The zero-order valence-electron chi connectivity index (χ0n) is 21.4. The van der Waals surface area contributed by atoms with E-state index in [1.165, 1.54) is 19.3 Å². The van der Waals surface area contributed by atoms with E-state index in [4.69, 9.17) is 9.47 Å². The summed E-state index contributed by atoms with van der Waals surface area (Å²) < 4.78 is 11.3. The Hall–Kier alpha value is -2.80. The Balaban J connectivity index is 2.02. The molecule has 3 rings (SSSR count). The second-order valence-electron chi connectivity index (χ2n) is 10.8. The number of benzene rings is 2. The Morgan fingerprint density at radius 1 is 0.912 bits per heavy atom. The van der Waals surface area contributed by atoms with Crippen molar-refractivity contribution in [1.29, 1.82) is 0 Å². The van der Waals surface area contributed by atoms with E-state index < -0.39 is 23.4 Å². The standard InChI is InChI=1S/C27H39N3O4/c1-26(2,3)33-24(31)28-22-15-14-20-12-8-9-13-21(20)23(22)30(25(32)34-27(4,5)6)19-18-29-16-10-7-11-17-29/h8-9,12-15H,7,10-11,16-19H2,1-6H3,(H,28,31). The number of hydrogen-bond acceptors (Lipinski definition) is 5. The van der Waals surface area contributed by atoms with Crippen LogP contribution >= 0.6 is 0 Å². The smallest absolute Gasteiger partial charge is 0.414 e. The topological polar surface area (TPSA) is 71.1 Å². The lowest BCUT2D eigenvalue weighted by atomic mass is 10.1. The van der Waals surface area contributed by atoms with Crippen molar-refractivity contribution in [3.63, 3.8) is 0 Å². The van der Waals surface area contributed by atoms with Gasteiger partial charge in [-0.1, -0.05) is 36.8 Å². The van der Waals surface area contributed by atoms with Gasteiger partial charge in [0.1, 0.15) is 11.2 Å². The van der Waals surface area contributed by atoms with Gasteiger partial charge in [-0.05, 0) is 78.9 Å². The molecule has 7 nitrogen and oxygen atoms in total. The molecule has 186 valence electrons. The van der Waals surface area contributed by atoms with Gasteiger partial charge in [0.2, 0.25) is 0 Å². The third-order valence-electron chi connectivity index (χ3n) is 5.51. The molecule has 0 bridgehead atoms. The number of anilines is 2. The Bertz CT molecular complexity index is 1000. The van der Waals surface area contributed by atoms with Crippen molar-refractivity contribution < 1.29 is 19.1 Å². The van der Waals surface area contributed by atoms with Crippen molar-refractivity contribution in [3.05, 3.63) is 36.4 Å². The van der Waals surface area contributed by atoms with Crippen molar-refractivity contribution in [2.45, 2.75) is 72.0 Å². The first-order valence-corrected chi connectivity index (χ1v) is 12.2. The van der Waals surface area contributed by atoms with Crippen LogP contribution in [-0.4, -0.2) is 54.5 Å². The van der Waals surface area contributed by atoms with Gasteiger partial charge in [0, 0.05) is 18.5 Å². The second-order valence-corrected chi connectivity index (χ2v) is 10.8. The largest absolute Gasteiger partial charge is 0.444 e. The monoisotopic (exact) mass is 469 g/mol. The van der Waals surface area contributed by atoms with Gasteiger partial charge in [0.15, 0.2) is 0 Å². The minimum Gasteiger partial charge on any atom is -0.444 e. The van der Waals surface area contributed by atoms with Crippen molar-refractivity contribution in [2.24, 2.45) is 0 Å². The summed E-state index contributed by atoms with van der Waals surface area (Å²) in [5, 5.41) is 4.70. The number of nitrogens with zero attached hydrogens (tertiary/aromatic N) is 2. The Morgan fingerprint density at radius 3 is 2.21 bits per heavy atom. The van der Waals surface area contributed by atoms with E-state index in [1.807, 2.05) is 77.9 Å². The van der Waals surface area contributed by atoms with Gasteiger partial charge in [-0.15, -0.1) is 0 Å². The predicted octanol–water partition coefficient (Wildman–Crippen LogP) is 6.41. The van der Waals surface area contributed by atoms with Crippen LogP contribution in [0.3, 0.4) is 0 Å².